The highest BCUT2D eigenvalue weighted by molar-refractivity contribution is 5.46. The van der Waals surface area contributed by atoms with Gasteiger partial charge in [-0.3, -0.25) is 0 Å². The fraction of sp³-hybridized carbons (Fsp3) is 0.538. The van der Waals surface area contributed by atoms with Crippen LogP contribution in [0.2, 0.25) is 0 Å². The first-order valence-electron chi connectivity index (χ1n) is 6.07. The summed E-state index contributed by atoms with van der Waals surface area (Å²) in [6.07, 6.45) is -0.228. The number of hydrogen-bond donors (Lipinski definition) is 1. The van der Waals surface area contributed by atoms with Crippen molar-refractivity contribution in [3.8, 4) is 0 Å². The van der Waals surface area contributed by atoms with E-state index in [0.717, 1.165) is 25.9 Å². The van der Waals surface area contributed by atoms with Crippen LogP contribution in [0.4, 0.5) is 14.5 Å². The van der Waals surface area contributed by atoms with Crippen LogP contribution in [0.25, 0.3) is 0 Å². The average Bonchev–Trinajstić information content (AvgIpc) is 2.38. The van der Waals surface area contributed by atoms with Gasteiger partial charge in [-0.25, -0.2) is 8.78 Å². The summed E-state index contributed by atoms with van der Waals surface area (Å²) in [6, 6.07) is 10.3. The molecule has 4 heteroatoms. The lowest BCUT2D eigenvalue weighted by Crippen LogP contribution is -2.47. The Morgan fingerprint density at radius 2 is 2.06 bits per heavy atom. The highest BCUT2D eigenvalue weighted by atomic mass is 19.3. The fourth-order valence-corrected chi connectivity index (χ4v) is 2.27. The van der Waals surface area contributed by atoms with E-state index >= 15 is 0 Å². The second-order valence-corrected chi connectivity index (χ2v) is 4.42. The molecule has 0 radical (unpaired) electrons. The molecule has 1 N–H and O–H groups in total. The summed E-state index contributed by atoms with van der Waals surface area (Å²) in [5.41, 5.74) is 1.18. The molecular formula is C13H18F2N2. The molecule has 1 atom stereocenters. The van der Waals surface area contributed by atoms with Crippen LogP contribution in [-0.4, -0.2) is 32.1 Å². The van der Waals surface area contributed by atoms with Crippen molar-refractivity contribution in [3.63, 3.8) is 0 Å². The fourth-order valence-electron chi connectivity index (χ4n) is 2.27. The topological polar surface area (TPSA) is 15.3 Å². The quantitative estimate of drug-likeness (QED) is 0.870. The van der Waals surface area contributed by atoms with Crippen molar-refractivity contribution >= 4 is 5.69 Å². The lowest BCUT2D eigenvalue weighted by atomic mass is 10.0. The van der Waals surface area contributed by atoms with Crippen LogP contribution in [0.3, 0.4) is 0 Å². The van der Waals surface area contributed by atoms with Gasteiger partial charge in [-0.2, -0.15) is 0 Å². The minimum absolute atomic E-state index is 0.179. The summed E-state index contributed by atoms with van der Waals surface area (Å²) in [7, 11) is 0. The molecule has 1 aliphatic rings. The molecule has 1 fully saturated rings. The minimum atomic E-state index is -2.26. The van der Waals surface area contributed by atoms with E-state index in [-0.39, 0.29) is 12.6 Å². The Morgan fingerprint density at radius 3 is 2.76 bits per heavy atom. The van der Waals surface area contributed by atoms with Gasteiger partial charge >= 0.3 is 0 Å². The third-order valence-corrected chi connectivity index (χ3v) is 3.10. The second-order valence-electron chi connectivity index (χ2n) is 4.42. The van der Waals surface area contributed by atoms with Gasteiger partial charge in [-0.15, -0.1) is 0 Å². The first-order chi connectivity index (χ1) is 8.25. The van der Waals surface area contributed by atoms with Gasteiger partial charge in [0, 0.05) is 24.8 Å². The first-order valence-corrected chi connectivity index (χ1v) is 6.07. The van der Waals surface area contributed by atoms with Crippen molar-refractivity contribution in [2.24, 2.45) is 0 Å². The highest BCUT2D eigenvalue weighted by Gasteiger charge is 2.20. The van der Waals surface area contributed by atoms with E-state index in [1.807, 2.05) is 18.2 Å². The van der Waals surface area contributed by atoms with Crippen LogP contribution >= 0.6 is 0 Å². The molecule has 1 aromatic carbocycles. The molecule has 1 saturated heterocycles. The third kappa shape index (κ3) is 3.66. The molecule has 1 heterocycles. The van der Waals surface area contributed by atoms with Crippen molar-refractivity contribution < 1.29 is 8.78 Å². The van der Waals surface area contributed by atoms with Crippen LogP contribution in [0.1, 0.15) is 12.8 Å². The zero-order chi connectivity index (χ0) is 12.1. The normalized spacial score (nSPS) is 20.9. The molecular weight excluding hydrogens is 222 g/mol. The Hall–Kier alpha value is -1.16. The maximum atomic E-state index is 12.1. The molecule has 0 spiro atoms. The number of hydrogen-bond acceptors (Lipinski definition) is 2. The van der Waals surface area contributed by atoms with Crippen molar-refractivity contribution in [2.45, 2.75) is 25.3 Å². The summed E-state index contributed by atoms with van der Waals surface area (Å²) in [4.78, 5) is 2.26. The summed E-state index contributed by atoms with van der Waals surface area (Å²) in [6.45, 7) is 1.63. The SMILES string of the molecule is FC(F)CNC1CCCN(c2ccccc2)C1. The van der Waals surface area contributed by atoms with E-state index in [4.69, 9.17) is 0 Å². The van der Waals surface area contributed by atoms with Crippen LogP contribution < -0.4 is 10.2 Å². The molecule has 2 nitrogen and oxygen atoms in total. The van der Waals surface area contributed by atoms with Crippen LogP contribution in [0.15, 0.2) is 30.3 Å². The largest absolute Gasteiger partial charge is 0.370 e. The summed E-state index contributed by atoms with van der Waals surface area (Å²) in [5, 5.41) is 2.93. The smallest absolute Gasteiger partial charge is 0.250 e. The molecule has 17 heavy (non-hydrogen) atoms. The number of piperidine rings is 1. The van der Waals surface area contributed by atoms with E-state index in [2.05, 4.69) is 22.3 Å². The Morgan fingerprint density at radius 1 is 1.29 bits per heavy atom. The molecule has 1 aromatic rings. The number of rotatable bonds is 4. The molecule has 0 aliphatic carbocycles. The number of halogens is 2. The van der Waals surface area contributed by atoms with Gasteiger partial charge in [0.15, 0.2) is 0 Å². The standard InChI is InChI=1S/C13H18F2N2/c14-13(15)9-16-11-5-4-8-17(10-11)12-6-2-1-3-7-12/h1-3,6-7,11,13,16H,4-5,8-10H2. The Bertz CT molecular complexity index is 329. The lowest BCUT2D eigenvalue weighted by Gasteiger charge is -2.34. The van der Waals surface area contributed by atoms with E-state index in [0.29, 0.717) is 0 Å². The summed E-state index contributed by atoms with van der Waals surface area (Å²) < 4.78 is 24.3. The van der Waals surface area contributed by atoms with Gasteiger partial charge in [-0.05, 0) is 25.0 Å². The molecule has 0 amide bonds. The highest BCUT2D eigenvalue weighted by Crippen LogP contribution is 2.19. The first kappa shape index (κ1) is 12.3. The zero-order valence-corrected chi connectivity index (χ0v) is 9.78. The van der Waals surface area contributed by atoms with Gasteiger partial charge in [0.05, 0.1) is 6.54 Å². The maximum absolute atomic E-state index is 12.1. The molecule has 0 saturated carbocycles. The predicted octanol–water partition coefficient (Wildman–Crippen LogP) is 2.51. The van der Waals surface area contributed by atoms with Gasteiger partial charge in [0.1, 0.15) is 0 Å². The van der Waals surface area contributed by atoms with Gasteiger partial charge in [0.2, 0.25) is 0 Å². The molecule has 1 aliphatic heterocycles. The maximum Gasteiger partial charge on any atom is 0.250 e. The lowest BCUT2D eigenvalue weighted by molar-refractivity contribution is 0.140. The third-order valence-electron chi connectivity index (χ3n) is 3.10. The second kappa shape index (κ2) is 5.96. The van der Waals surface area contributed by atoms with Crippen LogP contribution in [0.5, 0.6) is 0 Å². The van der Waals surface area contributed by atoms with E-state index in [9.17, 15) is 8.78 Å². The number of alkyl halides is 2. The van der Waals surface area contributed by atoms with Gasteiger partial charge in [0.25, 0.3) is 6.43 Å². The molecule has 1 unspecified atom stereocenters. The number of benzene rings is 1. The molecule has 94 valence electrons. The van der Waals surface area contributed by atoms with Gasteiger partial charge < -0.3 is 10.2 Å². The number of nitrogens with zero attached hydrogens (tertiary/aromatic N) is 1. The van der Waals surface area contributed by atoms with E-state index in [1.54, 1.807) is 0 Å². The summed E-state index contributed by atoms with van der Waals surface area (Å²) >= 11 is 0. The van der Waals surface area contributed by atoms with Crippen LogP contribution in [0, 0.1) is 0 Å². The van der Waals surface area contributed by atoms with Crippen molar-refractivity contribution in [1.29, 1.82) is 0 Å². The molecule has 0 aromatic heterocycles. The van der Waals surface area contributed by atoms with Crippen molar-refractivity contribution in [2.75, 3.05) is 24.5 Å². The predicted molar refractivity (Wildman–Crippen MR) is 65.7 cm³/mol. The van der Waals surface area contributed by atoms with Crippen molar-refractivity contribution in [1.82, 2.24) is 5.32 Å². The van der Waals surface area contributed by atoms with E-state index < -0.39 is 6.43 Å². The molecule has 2 rings (SSSR count). The summed E-state index contributed by atoms with van der Waals surface area (Å²) in [5.74, 6) is 0. The number of para-hydroxylation sites is 1. The Balaban J connectivity index is 1.89. The zero-order valence-electron chi connectivity index (χ0n) is 9.78. The Labute approximate surface area is 101 Å². The minimum Gasteiger partial charge on any atom is -0.370 e. The Kier molecular flexibility index (Phi) is 4.31. The monoisotopic (exact) mass is 240 g/mol. The van der Waals surface area contributed by atoms with Gasteiger partial charge in [-0.1, -0.05) is 18.2 Å². The van der Waals surface area contributed by atoms with Crippen molar-refractivity contribution in [3.05, 3.63) is 30.3 Å². The number of nitrogens with one attached hydrogen (secondary N) is 1. The van der Waals surface area contributed by atoms with E-state index in [1.165, 1.54) is 5.69 Å². The number of anilines is 1. The van der Waals surface area contributed by atoms with Crippen LogP contribution in [-0.2, 0) is 0 Å². The average molecular weight is 240 g/mol. The molecule has 0 bridgehead atoms.